The van der Waals surface area contributed by atoms with Gasteiger partial charge in [-0.15, -0.1) is 0 Å². The summed E-state index contributed by atoms with van der Waals surface area (Å²) in [5.74, 6) is 0. The van der Waals surface area contributed by atoms with Gasteiger partial charge < -0.3 is 4.57 Å². The molecule has 1 saturated carbocycles. The van der Waals surface area contributed by atoms with Crippen molar-refractivity contribution in [1.29, 1.82) is 0 Å². The zero-order valence-corrected chi connectivity index (χ0v) is 20.0. The van der Waals surface area contributed by atoms with Crippen LogP contribution in [0.25, 0.3) is 28.3 Å². The van der Waals surface area contributed by atoms with Gasteiger partial charge in [-0.3, -0.25) is 0 Å². The number of hydrogen-bond donors (Lipinski definition) is 0. The Morgan fingerprint density at radius 1 is 0.906 bits per heavy atom. The Balaban J connectivity index is 1.64. The maximum Gasteiger partial charge on any atom is 0.116 e. The molecule has 7 heteroatoms. The van der Waals surface area contributed by atoms with Gasteiger partial charge in [-0.05, 0) is 50.1 Å². The lowest BCUT2D eigenvalue weighted by Crippen LogP contribution is -2.10. The van der Waals surface area contributed by atoms with Gasteiger partial charge in [-0.1, -0.05) is 66.2 Å². The molecule has 1 fully saturated rings. The molecule has 4 aromatic rings. The average molecular weight is 486 g/mol. The van der Waals surface area contributed by atoms with Crippen LogP contribution in [-0.2, 0) is 0 Å². The van der Waals surface area contributed by atoms with Crippen LogP contribution < -0.4 is 0 Å². The molecular formula is C25H23Cl3N4. The standard InChI is InChI=1S/C25H23Cl3N4/c1-16-24(22-14-31(15-29-22)20-5-3-2-4-6-20)30-32(23-12-11-19(27)13-21(23)28)25(16)17-7-9-18(26)10-8-17/h7-15,20H,2-6H2,1H3. The van der Waals surface area contributed by atoms with Crippen molar-refractivity contribution in [3.8, 4) is 28.3 Å². The number of nitrogens with zero attached hydrogens (tertiary/aromatic N) is 4. The lowest BCUT2D eigenvalue weighted by Gasteiger charge is -2.22. The molecule has 0 aliphatic heterocycles. The van der Waals surface area contributed by atoms with Gasteiger partial charge in [-0.2, -0.15) is 5.10 Å². The van der Waals surface area contributed by atoms with Crippen molar-refractivity contribution in [3.63, 3.8) is 0 Å². The Morgan fingerprint density at radius 2 is 1.62 bits per heavy atom. The van der Waals surface area contributed by atoms with Crippen LogP contribution in [0.3, 0.4) is 0 Å². The molecule has 0 spiro atoms. The second-order valence-corrected chi connectivity index (χ2v) is 9.61. The summed E-state index contributed by atoms with van der Waals surface area (Å²) in [6.45, 7) is 2.08. The fourth-order valence-corrected chi connectivity index (χ4v) is 5.17. The SMILES string of the molecule is Cc1c(-c2cn(C3CCCCC3)cn2)nn(-c2ccc(Cl)cc2Cl)c1-c1ccc(Cl)cc1. The molecule has 1 aliphatic rings. The molecule has 0 saturated heterocycles. The summed E-state index contributed by atoms with van der Waals surface area (Å²) in [5, 5.41) is 6.79. The lowest BCUT2D eigenvalue weighted by atomic mass is 9.95. The summed E-state index contributed by atoms with van der Waals surface area (Å²) in [6, 6.07) is 13.7. The second-order valence-electron chi connectivity index (χ2n) is 8.33. The van der Waals surface area contributed by atoms with E-state index < -0.39 is 0 Å². The first kappa shape index (κ1) is 21.6. The molecular weight excluding hydrogens is 463 g/mol. The van der Waals surface area contributed by atoms with E-state index >= 15 is 0 Å². The van der Waals surface area contributed by atoms with Crippen LogP contribution in [0.5, 0.6) is 0 Å². The lowest BCUT2D eigenvalue weighted by molar-refractivity contribution is 0.353. The highest BCUT2D eigenvalue weighted by molar-refractivity contribution is 6.35. The van der Waals surface area contributed by atoms with E-state index in [1.165, 1.54) is 32.1 Å². The predicted molar refractivity (Wildman–Crippen MR) is 132 cm³/mol. The van der Waals surface area contributed by atoms with Crippen LogP contribution in [0.1, 0.15) is 43.7 Å². The molecule has 2 heterocycles. The summed E-state index contributed by atoms with van der Waals surface area (Å²) in [6.07, 6.45) is 10.4. The molecule has 32 heavy (non-hydrogen) atoms. The van der Waals surface area contributed by atoms with Crippen LogP contribution in [-0.4, -0.2) is 19.3 Å². The minimum Gasteiger partial charge on any atom is -0.334 e. The number of hydrogen-bond acceptors (Lipinski definition) is 2. The van der Waals surface area contributed by atoms with Crippen molar-refractivity contribution in [2.24, 2.45) is 0 Å². The third kappa shape index (κ3) is 4.07. The third-order valence-corrected chi connectivity index (χ3v) is 7.01. The molecule has 0 amide bonds. The first-order valence-electron chi connectivity index (χ1n) is 10.9. The summed E-state index contributed by atoms with van der Waals surface area (Å²) in [7, 11) is 0. The summed E-state index contributed by atoms with van der Waals surface area (Å²) in [5.41, 5.74) is 5.47. The zero-order valence-electron chi connectivity index (χ0n) is 17.7. The summed E-state index contributed by atoms with van der Waals surface area (Å²) < 4.78 is 4.14. The van der Waals surface area contributed by atoms with Crippen molar-refractivity contribution >= 4 is 34.8 Å². The van der Waals surface area contributed by atoms with Gasteiger partial charge in [-0.25, -0.2) is 9.67 Å². The third-order valence-electron chi connectivity index (χ3n) is 6.22. The van der Waals surface area contributed by atoms with E-state index in [2.05, 4.69) is 17.7 Å². The highest BCUT2D eigenvalue weighted by atomic mass is 35.5. The van der Waals surface area contributed by atoms with Crippen molar-refractivity contribution in [3.05, 3.63) is 75.6 Å². The van der Waals surface area contributed by atoms with E-state index in [1.807, 2.05) is 47.4 Å². The smallest absolute Gasteiger partial charge is 0.116 e. The Kier molecular flexibility index (Phi) is 6.02. The Hall–Kier alpha value is -2.27. The topological polar surface area (TPSA) is 35.6 Å². The predicted octanol–water partition coefficient (Wildman–Crippen LogP) is 8.18. The van der Waals surface area contributed by atoms with Gasteiger partial charge in [0.05, 0.1) is 22.7 Å². The molecule has 4 nitrogen and oxygen atoms in total. The highest BCUT2D eigenvalue weighted by Gasteiger charge is 2.23. The monoisotopic (exact) mass is 484 g/mol. The van der Waals surface area contributed by atoms with Crippen molar-refractivity contribution in [2.75, 3.05) is 0 Å². The highest BCUT2D eigenvalue weighted by Crippen LogP contribution is 2.37. The molecule has 0 radical (unpaired) electrons. The Morgan fingerprint density at radius 3 is 2.34 bits per heavy atom. The van der Waals surface area contributed by atoms with E-state index in [0.717, 1.165) is 33.9 Å². The molecule has 2 aromatic carbocycles. The van der Waals surface area contributed by atoms with E-state index in [0.29, 0.717) is 21.1 Å². The normalized spacial score (nSPS) is 14.8. The van der Waals surface area contributed by atoms with Crippen molar-refractivity contribution in [2.45, 2.75) is 45.1 Å². The van der Waals surface area contributed by atoms with E-state index in [1.54, 1.807) is 6.07 Å². The van der Waals surface area contributed by atoms with E-state index in [9.17, 15) is 0 Å². The van der Waals surface area contributed by atoms with Crippen LogP contribution in [0, 0.1) is 6.92 Å². The minimum atomic E-state index is 0.522. The van der Waals surface area contributed by atoms with Crippen LogP contribution >= 0.6 is 34.8 Å². The quantitative estimate of drug-likeness (QED) is 0.292. The molecule has 0 atom stereocenters. The van der Waals surface area contributed by atoms with Crippen LogP contribution in [0.2, 0.25) is 15.1 Å². The number of rotatable bonds is 4. The number of halogens is 3. The summed E-state index contributed by atoms with van der Waals surface area (Å²) in [4.78, 5) is 4.73. The number of benzene rings is 2. The van der Waals surface area contributed by atoms with Crippen molar-refractivity contribution < 1.29 is 0 Å². The molecule has 164 valence electrons. The van der Waals surface area contributed by atoms with Gasteiger partial charge >= 0.3 is 0 Å². The van der Waals surface area contributed by atoms with Crippen molar-refractivity contribution in [1.82, 2.24) is 19.3 Å². The van der Waals surface area contributed by atoms with Gasteiger partial charge in [0, 0.05) is 33.4 Å². The van der Waals surface area contributed by atoms with Gasteiger partial charge in [0.25, 0.3) is 0 Å². The van der Waals surface area contributed by atoms with Crippen LogP contribution in [0.15, 0.2) is 55.0 Å². The molecule has 1 aliphatic carbocycles. The van der Waals surface area contributed by atoms with Gasteiger partial charge in [0.15, 0.2) is 0 Å². The fourth-order valence-electron chi connectivity index (χ4n) is 4.55. The number of aromatic nitrogens is 4. The molecule has 2 aromatic heterocycles. The van der Waals surface area contributed by atoms with Gasteiger partial charge in [0.1, 0.15) is 11.4 Å². The minimum absolute atomic E-state index is 0.522. The summed E-state index contributed by atoms with van der Waals surface area (Å²) >= 11 is 18.9. The van der Waals surface area contributed by atoms with Gasteiger partial charge in [0.2, 0.25) is 0 Å². The van der Waals surface area contributed by atoms with E-state index in [4.69, 9.17) is 44.9 Å². The molecule has 0 bridgehead atoms. The molecule has 0 N–H and O–H groups in total. The largest absolute Gasteiger partial charge is 0.334 e. The first-order chi connectivity index (χ1) is 15.5. The molecule has 0 unspecified atom stereocenters. The average Bonchev–Trinajstić information content (AvgIpc) is 3.40. The zero-order chi connectivity index (χ0) is 22.2. The maximum atomic E-state index is 6.58. The first-order valence-corrected chi connectivity index (χ1v) is 12.0. The van der Waals surface area contributed by atoms with Crippen LogP contribution in [0.4, 0.5) is 0 Å². The van der Waals surface area contributed by atoms with E-state index in [-0.39, 0.29) is 0 Å². The maximum absolute atomic E-state index is 6.58. The number of imidazole rings is 1. The second kappa shape index (κ2) is 8.93. The fraction of sp³-hybridized carbons (Fsp3) is 0.280. The Bertz CT molecular complexity index is 1250. The molecule has 5 rings (SSSR count). The Labute approximate surface area is 202 Å².